The number of hydrazone groups is 1. The lowest BCUT2D eigenvalue weighted by Gasteiger charge is -2.08. The highest BCUT2D eigenvalue weighted by Crippen LogP contribution is 2.16. The maximum Gasteiger partial charge on any atom is 0.291 e. The molecule has 25 heavy (non-hydrogen) atoms. The molecule has 6 nitrogen and oxygen atoms in total. The van der Waals surface area contributed by atoms with Crippen LogP contribution in [0.15, 0.2) is 53.8 Å². The van der Waals surface area contributed by atoms with E-state index in [1.165, 1.54) is 17.0 Å². The number of para-hydroxylation sites is 1. The number of carbonyl (C=O) groups is 1. The average Bonchev–Trinajstić information content (AvgIpc) is 3.23. The van der Waals surface area contributed by atoms with Crippen LogP contribution in [-0.4, -0.2) is 21.9 Å². The Hall–Kier alpha value is -3.00. The molecule has 1 aromatic carbocycles. The van der Waals surface area contributed by atoms with Crippen molar-refractivity contribution in [3.63, 3.8) is 0 Å². The maximum atomic E-state index is 12.8. The van der Waals surface area contributed by atoms with Gasteiger partial charge in [0.25, 0.3) is 5.91 Å². The first-order valence-electron chi connectivity index (χ1n) is 7.42. The van der Waals surface area contributed by atoms with E-state index in [9.17, 15) is 9.18 Å². The van der Waals surface area contributed by atoms with E-state index in [2.05, 4.69) is 15.6 Å². The molecule has 0 radical (unpaired) electrons. The molecule has 0 unspecified atom stereocenters. The number of aryl methyl sites for hydroxylation is 1. The summed E-state index contributed by atoms with van der Waals surface area (Å²) in [5, 5.41) is 7.61. The molecule has 0 spiro atoms. The minimum Gasteiger partial charge on any atom is -0.471 e. The molecule has 0 bridgehead atoms. The Bertz CT molecular complexity index is 903. The predicted molar refractivity (Wildman–Crippen MR) is 93.4 cm³/mol. The van der Waals surface area contributed by atoms with E-state index in [0.29, 0.717) is 4.88 Å². The van der Waals surface area contributed by atoms with Gasteiger partial charge in [0, 0.05) is 6.20 Å². The van der Waals surface area contributed by atoms with Crippen molar-refractivity contribution in [2.75, 3.05) is 0 Å². The normalized spacial score (nSPS) is 11.0. The van der Waals surface area contributed by atoms with E-state index in [-0.39, 0.29) is 17.6 Å². The van der Waals surface area contributed by atoms with Crippen LogP contribution in [0.4, 0.5) is 4.39 Å². The van der Waals surface area contributed by atoms with Gasteiger partial charge >= 0.3 is 0 Å². The second-order valence-electron chi connectivity index (χ2n) is 5.12. The number of thiophene rings is 1. The molecule has 0 aliphatic heterocycles. The second-order valence-corrected chi connectivity index (χ2v) is 6.19. The van der Waals surface area contributed by atoms with Crippen molar-refractivity contribution in [1.82, 2.24) is 15.2 Å². The van der Waals surface area contributed by atoms with Gasteiger partial charge in [-0.1, -0.05) is 18.2 Å². The summed E-state index contributed by atoms with van der Waals surface area (Å²) >= 11 is 0.941. The summed E-state index contributed by atoms with van der Waals surface area (Å²) < 4.78 is 20.0. The van der Waals surface area contributed by atoms with Gasteiger partial charge in [0.05, 0.1) is 11.1 Å². The van der Waals surface area contributed by atoms with E-state index in [0.717, 1.165) is 22.6 Å². The molecule has 0 atom stereocenters. The van der Waals surface area contributed by atoms with Crippen molar-refractivity contribution >= 4 is 23.5 Å². The maximum absolute atomic E-state index is 12.8. The highest BCUT2D eigenvalue weighted by Gasteiger charge is 2.09. The monoisotopic (exact) mass is 358 g/mol. The highest BCUT2D eigenvalue weighted by atomic mass is 32.1. The molecule has 128 valence electrons. The molecule has 3 aromatic rings. The second kappa shape index (κ2) is 7.71. The lowest BCUT2D eigenvalue weighted by molar-refractivity contribution is 0.0948. The third-order valence-electron chi connectivity index (χ3n) is 3.27. The number of ether oxygens (including phenoxy) is 1. The van der Waals surface area contributed by atoms with Crippen molar-refractivity contribution in [2.24, 2.45) is 5.10 Å². The van der Waals surface area contributed by atoms with Crippen molar-refractivity contribution in [3.05, 3.63) is 69.9 Å². The van der Waals surface area contributed by atoms with Gasteiger partial charge in [-0.3, -0.25) is 4.79 Å². The minimum atomic E-state index is -0.456. The Labute approximate surface area is 147 Å². The summed E-state index contributed by atoms with van der Waals surface area (Å²) in [6.45, 7) is 2.14. The van der Waals surface area contributed by atoms with Gasteiger partial charge in [-0.15, -0.1) is 11.3 Å². The van der Waals surface area contributed by atoms with E-state index < -0.39 is 5.91 Å². The zero-order chi connectivity index (χ0) is 17.6. The molecule has 0 aliphatic rings. The standard InChI is InChI=1S/C17H15FN4O2S/c1-12-4-2-3-5-15(12)24-11-22-9-8-14(21-22)17(23)20-19-10-13-6-7-16(18)25-13/h2-10H,11H2,1H3,(H,20,23). The molecular formula is C17H15FN4O2S. The zero-order valence-corrected chi connectivity index (χ0v) is 14.2. The number of benzene rings is 1. The Morgan fingerprint density at radius 1 is 1.36 bits per heavy atom. The van der Waals surface area contributed by atoms with Crippen LogP contribution >= 0.6 is 11.3 Å². The predicted octanol–water partition coefficient (Wildman–Crippen LogP) is 3.19. The number of nitrogens with zero attached hydrogens (tertiary/aromatic N) is 3. The Morgan fingerprint density at radius 2 is 2.20 bits per heavy atom. The van der Waals surface area contributed by atoms with Gasteiger partial charge in [0.2, 0.25) is 0 Å². The largest absolute Gasteiger partial charge is 0.471 e. The van der Waals surface area contributed by atoms with Crippen LogP contribution in [-0.2, 0) is 6.73 Å². The quantitative estimate of drug-likeness (QED) is 0.543. The minimum absolute atomic E-state index is 0.190. The summed E-state index contributed by atoms with van der Waals surface area (Å²) in [6.07, 6.45) is 3.02. The fraction of sp³-hybridized carbons (Fsp3) is 0.118. The highest BCUT2D eigenvalue weighted by molar-refractivity contribution is 7.12. The third-order valence-corrected chi connectivity index (χ3v) is 4.08. The van der Waals surface area contributed by atoms with Gasteiger partial charge in [0.1, 0.15) is 5.75 Å². The van der Waals surface area contributed by atoms with E-state index in [1.54, 1.807) is 18.3 Å². The van der Waals surface area contributed by atoms with E-state index >= 15 is 0 Å². The lowest BCUT2D eigenvalue weighted by atomic mass is 10.2. The number of amides is 1. The van der Waals surface area contributed by atoms with Gasteiger partial charge in [-0.05, 0) is 36.8 Å². The van der Waals surface area contributed by atoms with Crippen molar-refractivity contribution in [1.29, 1.82) is 0 Å². The van der Waals surface area contributed by atoms with Crippen molar-refractivity contribution in [3.8, 4) is 5.75 Å². The first-order valence-corrected chi connectivity index (χ1v) is 8.24. The molecule has 1 N–H and O–H groups in total. The van der Waals surface area contributed by atoms with E-state index in [4.69, 9.17) is 4.74 Å². The first kappa shape index (κ1) is 16.8. The van der Waals surface area contributed by atoms with Crippen LogP contribution in [0.3, 0.4) is 0 Å². The Morgan fingerprint density at radius 3 is 2.96 bits per heavy atom. The molecule has 8 heteroatoms. The average molecular weight is 358 g/mol. The summed E-state index contributed by atoms with van der Waals surface area (Å²) in [5.74, 6) is 0.305. The number of carbonyl (C=O) groups excluding carboxylic acids is 1. The molecule has 0 aliphatic carbocycles. The van der Waals surface area contributed by atoms with E-state index in [1.807, 2.05) is 31.2 Å². The molecule has 1 amide bonds. The first-order chi connectivity index (χ1) is 12.1. The topological polar surface area (TPSA) is 68.5 Å². The van der Waals surface area contributed by atoms with Crippen LogP contribution in [0.1, 0.15) is 20.9 Å². The SMILES string of the molecule is Cc1ccccc1OCn1ccc(C(=O)NN=Cc2ccc(F)s2)n1. The van der Waals surface area contributed by atoms with Crippen molar-refractivity contribution < 1.29 is 13.9 Å². The molecule has 0 saturated heterocycles. The molecule has 0 saturated carbocycles. The number of hydrogen-bond donors (Lipinski definition) is 1. The third kappa shape index (κ3) is 4.51. The zero-order valence-electron chi connectivity index (χ0n) is 13.3. The molecule has 2 heterocycles. The molecule has 3 rings (SSSR count). The van der Waals surface area contributed by atoms with Crippen LogP contribution in [0.25, 0.3) is 0 Å². The summed E-state index contributed by atoms with van der Waals surface area (Å²) in [7, 11) is 0. The van der Waals surface area contributed by atoms with Crippen LogP contribution in [0.5, 0.6) is 5.75 Å². The summed E-state index contributed by atoms with van der Waals surface area (Å²) in [6, 6.07) is 12.1. The fourth-order valence-electron chi connectivity index (χ4n) is 2.02. The molecular weight excluding hydrogens is 343 g/mol. The van der Waals surface area contributed by atoms with Gasteiger partial charge in [0.15, 0.2) is 17.6 Å². The summed E-state index contributed by atoms with van der Waals surface area (Å²) in [4.78, 5) is 12.6. The van der Waals surface area contributed by atoms with Gasteiger partial charge < -0.3 is 4.74 Å². The van der Waals surface area contributed by atoms with Gasteiger partial charge in [-0.25, -0.2) is 10.1 Å². The lowest BCUT2D eigenvalue weighted by Crippen LogP contribution is -2.19. The number of rotatable bonds is 6. The fourth-order valence-corrected chi connectivity index (χ4v) is 2.62. The van der Waals surface area contributed by atoms with Crippen molar-refractivity contribution in [2.45, 2.75) is 13.7 Å². The number of halogens is 1. The Kier molecular flexibility index (Phi) is 5.20. The van der Waals surface area contributed by atoms with Crippen LogP contribution in [0, 0.1) is 12.1 Å². The van der Waals surface area contributed by atoms with Crippen LogP contribution < -0.4 is 10.2 Å². The van der Waals surface area contributed by atoms with Crippen LogP contribution in [0.2, 0.25) is 0 Å². The molecule has 0 fully saturated rings. The number of hydrogen-bond acceptors (Lipinski definition) is 5. The number of nitrogens with one attached hydrogen (secondary N) is 1. The molecule has 2 aromatic heterocycles. The smallest absolute Gasteiger partial charge is 0.291 e. The van der Waals surface area contributed by atoms with Gasteiger partial charge in [-0.2, -0.15) is 14.6 Å². The Balaban J connectivity index is 1.54. The number of aromatic nitrogens is 2. The summed E-state index contributed by atoms with van der Waals surface area (Å²) in [5.41, 5.74) is 3.58.